The lowest BCUT2D eigenvalue weighted by molar-refractivity contribution is -0.137. The molecule has 0 aliphatic carbocycles. The van der Waals surface area contributed by atoms with Gasteiger partial charge in [-0.15, -0.1) is 0 Å². The molecule has 1 unspecified atom stereocenters. The molecule has 0 saturated carbocycles. The van der Waals surface area contributed by atoms with Crippen molar-refractivity contribution in [2.45, 2.75) is 24.1 Å². The van der Waals surface area contributed by atoms with Crippen LogP contribution < -0.4 is 0 Å². The maximum absolute atomic E-state index is 10.0. The first-order valence-electron chi connectivity index (χ1n) is 3.08. The highest BCUT2D eigenvalue weighted by atomic mass is 79.9. The third-order valence-corrected chi connectivity index (χ3v) is 3.51. The summed E-state index contributed by atoms with van der Waals surface area (Å²) in [5, 5.41) is 9.15. The molecule has 0 spiro atoms. The van der Waals surface area contributed by atoms with Gasteiger partial charge in [0.05, 0.1) is 0 Å². The van der Waals surface area contributed by atoms with E-state index in [0.717, 1.165) is 18.2 Å². The Morgan fingerprint density at radius 3 is 2.60 bits per heavy atom. The number of halogens is 2. The van der Waals surface area contributed by atoms with Crippen molar-refractivity contribution in [2.75, 3.05) is 5.33 Å². The van der Waals surface area contributed by atoms with Crippen LogP contribution in [0.2, 0.25) is 0 Å². The quantitative estimate of drug-likeness (QED) is 0.781. The molecule has 60 valence electrons. The Bertz CT molecular complexity index is 106. The molecule has 0 aliphatic rings. The molecule has 0 saturated heterocycles. The van der Waals surface area contributed by atoms with Gasteiger partial charge in [-0.05, 0) is 12.8 Å². The van der Waals surface area contributed by atoms with Crippen LogP contribution >= 0.6 is 31.9 Å². The second-order valence-corrected chi connectivity index (χ2v) is 3.98. The Balaban J connectivity index is 3.11. The summed E-state index contributed by atoms with van der Waals surface area (Å²) in [6.07, 6.45) is 1.93. The summed E-state index contributed by atoms with van der Waals surface area (Å²) >= 11 is 6.67. The first-order chi connectivity index (χ1) is 4.66. The Labute approximate surface area is 77.3 Å². The molecule has 0 rings (SSSR count). The Hall–Kier alpha value is 0.430. The fraction of sp³-hybridized carbons (Fsp3) is 0.833. The molecule has 0 aromatic heterocycles. The van der Waals surface area contributed by atoms with Gasteiger partial charge in [-0.2, -0.15) is 0 Å². The second kappa shape index (κ2) is 6.16. The van der Waals surface area contributed by atoms with E-state index in [9.17, 15) is 4.79 Å². The first kappa shape index (κ1) is 10.4. The first-order valence-corrected chi connectivity index (χ1v) is 5.12. The van der Waals surface area contributed by atoms with E-state index in [2.05, 4.69) is 31.9 Å². The van der Waals surface area contributed by atoms with E-state index in [1.807, 2.05) is 0 Å². The molecule has 0 amide bonds. The van der Waals surface area contributed by atoms with Gasteiger partial charge in [0.2, 0.25) is 0 Å². The molecule has 1 N–H and O–H groups in total. The van der Waals surface area contributed by atoms with E-state index >= 15 is 0 Å². The Morgan fingerprint density at radius 1 is 1.60 bits per heavy atom. The number of rotatable bonds is 5. The van der Waals surface area contributed by atoms with Crippen LogP contribution in [0.1, 0.15) is 19.3 Å². The summed E-state index contributed by atoms with van der Waals surface area (Å²) < 4.78 is 0. The topological polar surface area (TPSA) is 37.3 Å². The highest BCUT2D eigenvalue weighted by Gasteiger charge is 2.02. The molecule has 0 aromatic carbocycles. The fourth-order valence-electron chi connectivity index (χ4n) is 0.552. The van der Waals surface area contributed by atoms with Crippen molar-refractivity contribution in [3.63, 3.8) is 0 Å². The largest absolute Gasteiger partial charge is 0.481 e. The maximum atomic E-state index is 10.0. The van der Waals surface area contributed by atoms with E-state index in [4.69, 9.17) is 5.11 Å². The molecule has 0 bridgehead atoms. The van der Waals surface area contributed by atoms with Crippen molar-refractivity contribution in [1.82, 2.24) is 0 Å². The lowest BCUT2D eigenvalue weighted by atomic mass is 10.2. The second-order valence-electron chi connectivity index (χ2n) is 2.04. The van der Waals surface area contributed by atoms with Gasteiger partial charge in [0.15, 0.2) is 0 Å². The van der Waals surface area contributed by atoms with Crippen LogP contribution in [-0.4, -0.2) is 21.2 Å². The molecular weight excluding hydrogens is 264 g/mol. The maximum Gasteiger partial charge on any atom is 0.303 e. The summed E-state index contributed by atoms with van der Waals surface area (Å²) in [5.74, 6) is -0.714. The number of hydrogen-bond donors (Lipinski definition) is 1. The van der Waals surface area contributed by atoms with Crippen LogP contribution in [0.25, 0.3) is 0 Å². The molecule has 2 nitrogen and oxygen atoms in total. The minimum absolute atomic E-state index is 0.273. The van der Waals surface area contributed by atoms with Crippen molar-refractivity contribution in [2.24, 2.45) is 0 Å². The van der Waals surface area contributed by atoms with Crippen molar-refractivity contribution in [1.29, 1.82) is 0 Å². The monoisotopic (exact) mass is 272 g/mol. The number of carboxylic acids is 1. The van der Waals surface area contributed by atoms with Crippen molar-refractivity contribution < 1.29 is 9.90 Å². The van der Waals surface area contributed by atoms with Gasteiger partial charge in [0.25, 0.3) is 0 Å². The third kappa shape index (κ3) is 6.55. The standard InChI is InChI=1S/C6H10Br2O2/c7-4-5(8)2-1-3-6(9)10/h5H,1-4H2,(H,9,10). The summed E-state index contributed by atoms with van der Waals surface area (Å²) in [7, 11) is 0. The molecular formula is C6H10Br2O2. The van der Waals surface area contributed by atoms with Crippen molar-refractivity contribution in [3.8, 4) is 0 Å². The zero-order valence-corrected chi connectivity index (χ0v) is 8.69. The number of carbonyl (C=O) groups is 1. The van der Waals surface area contributed by atoms with Crippen LogP contribution in [0.4, 0.5) is 0 Å². The van der Waals surface area contributed by atoms with Gasteiger partial charge in [-0.3, -0.25) is 4.79 Å². The summed E-state index contributed by atoms with van der Waals surface area (Å²) in [5.41, 5.74) is 0. The minimum Gasteiger partial charge on any atom is -0.481 e. The highest BCUT2D eigenvalue weighted by molar-refractivity contribution is 9.12. The van der Waals surface area contributed by atoms with Crippen molar-refractivity contribution >= 4 is 37.8 Å². The Morgan fingerprint density at radius 2 is 2.20 bits per heavy atom. The fourth-order valence-corrected chi connectivity index (χ4v) is 1.20. The molecule has 0 fully saturated rings. The molecule has 4 heteroatoms. The van der Waals surface area contributed by atoms with Crippen molar-refractivity contribution in [3.05, 3.63) is 0 Å². The van der Waals surface area contributed by atoms with Gasteiger partial charge in [0.1, 0.15) is 0 Å². The SMILES string of the molecule is O=C(O)CCCC(Br)CBr. The summed E-state index contributed by atoms with van der Waals surface area (Å²) in [6.45, 7) is 0. The van der Waals surface area contributed by atoms with Gasteiger partial charge in [0, 0.05) is 16.6 Å². The Kier molecular flexibility index (Phi) is 6.43. The highest BCUT2D eigenvalue weighted by Crippen LogP contribution is 2.11. The van der Waals surface area contributed by atoms with Gasteiger partial charge < -0.3 is 5.11 Å². The van der Waals surface area contributed by atoms with Gasteiger partial charge in [-0.1, -0.05) is 31.9 Å². The normalized spacial score (nSPS) is 13.0. The predicted molar refractivity (Wildman–Crippen MR) is 48.0 cm³/mol. The van der Waals surface area contributed by atoms with Crippen LogP contribution in [0, 0.1) is 0 Å². The molecule has 0 radical (unpaired) electrons. The lowest BCUT2D eigenvalue weighted by Crippen LogP contribution is -2.01. The van der Waals surface area contributed by atoms with Gasteiger partial charge in [-0.25, -0.2) is 0 Å². The van der Waals surface area contributed by atoms with E-state index in [1.165, 1.54) is 0 Å². The van der Waals surface area contributed by atoms with E-state index in [1.54, 1.807) is 0 Å². The molecule has 10 heavy (non-hydrogen) atoms. The molecule has 0 heterocycles. The molecule has 1 atom stereocenters. The van der Waals surface area contributed by atoms with E-state index in [0.29, 0.717) is 4.83 Å². The smallest absolute Gasteiger partial charge is 0.303 e. The van der Waals surface area contributed by atoms with Crippen LogP contribution in [0.3, 0.4) is 0 Å². The lowest BCUT2D eigenvalue weighted by Gasteiger charge is -2.02. The van der Waals surface area contributed by atoms with E-state index < -0.39 is 5.97 Å². The molecule has 0 aromatic rings. The van der Waals surface area contributed by atoms with Crippen LogP contribution in [0.5, 0.6) is 0 Å². The summed E-state index contributed by atoms with van der Waals surface area (Å²) in [4.78, 5) is 10.5. The average Bonchev–Trinajstić information content (AvgIpc) is 1.87. The zero-order chi connectivity index (χ0) is 7.98. The molecule has 0 aliphatic heterocycles. The van der Waals surface area contributed by atoms with Gasteiger partial charge >= 0.3 is 5.97 Å². The number of alkyl halides is 2. The summed E-state index contributed by atoms with van der Waals surface area (Å²) in [6, 6.07) is 0. The third-order valence-electron chi connectivity index (χ3n) is 1.08. The number of hydrogen-bond acceptors (Lipinski definition) is 1. The minimum atomic E-state index is -0.714. The number of aliphatic carboxylic acids is 1. The zero-order valence-electron chi connectivity index (χ0n) is 5.52. The van der Waals surface area contributed by atoms with Crippen LogP contribution in [0.15, 0.2) is 0 Å². The predicted octanol–water partition coefficient (Wildman–Crippen LogP) is 2.40. The van der Waals surface area contributed by atoms with E-state index in [-0.39, 0.29) is 6.42 Å². The average molecular weight is 274 g/mol. The van der Waals surface area contributed by atoms with Crippen LogP contribution in [-0.2, 0) is 4.79 Å². The number of carboxylic acid groups (broad SMARTS) is 1.